The van der Waals surface area contributed by atoms with Crippen LogP contribution in [0.1, 0.15) is 40.6 Å². The fourth-order valence-electron chi connectivity index (χ4n) is 2.70. The number of nitrogens with zero attached hydrogens (tertiary/aromatic N) is 1. The predicted octanol–water partition coefficient (Wildman–Crippen LogP) is 3.58. The van der Waals surface area contributed by atoms with Gasteiger partial charge in [0.2, 0.25) is 0 Å². The first-order valence-corrected chi connectivity index (χ1v) is 8.03. The number of fused-ring (bicyclic) bond motifs is 1. The number of thiocarbonyl (C=S) groups is 1. The lowest BCUT2D eigenvalue weighted by molar-refractivity contribution is 0.607. The highest BCUT2D eigenvalue weighted by atomic mass is 32.1. The fraction of sp³-hybridized carbons (Fsp3) is 0.333. The Morgan fingerprint density at radius 1 is 1.50 bits per heavy atom. The van der Waals surface area contributed by atoms with Crippen molar-refractivity contribution in [3.05, 3.63) is 45.3 Å². The predicted molar refractivity (Wildman–Crippen MR) is 88.5 cm³/mol. The van der Waals surface area contributed by atoms with E-state index in [9.17, 15) is 0 Å². The second-order valence-electron chi connectivity index (χ2n) is 5.13. The van der Waals surface area contributed by atoms with Crippen LogP contribution in [-0.4, -0.2) is 9.97 Å². The normalized spacial score (nSPS) is 17.6. The lowest BCUT2D eigenvalue weighted by Gasteiger charge is -2.24. The summed E-state index contributed by atoms with van der Waals surface area (Å²) in [6, 6.07) is 6.43. The van der Waals surface area contributed by atoms with Gasteiger partial charge in [-0.15, -0.1) is 11.3 Å². The van der Waals surface area contributed by atoms with Crippen LogP contribution in [-0.2, 0) is 6.42 Å². The van der Waals surface area contributed by atoms with Crippen LogP contribution < -0.4 is 11.1 Å². The van der Waals surface area contributed by atoms with E-state index in [1.807, 2.05) is 30.4 Å². The van der Waals surface area contributed by atoms with E-state index in [0.29, 0.717) is 11.0 Å². The van der Waals surface area contributed by atoms with Crippen LogP contribution in [0.4, 0.5) is 5.82 Å². The maximum atomic E-state index is 5.72. The summed E-state index contributed by atoms with van der Waals surface area (Å²) in [6.07, 6.45) is 3.56. The molecule has 2 heterocycles. The maximum Gasteiger partial charge on any atom is 0.127 e. The van der Waals surface area contributed by atoms with E-state index in [1.165, 1.54) is 23.3 Å². The number of aromatic nitrogens is 1. The molecule has 2 aromatic rings. The van der Waals surface area contributed by atoms with Crippen LogP contribution in [0, 0.1) is 6.92 Å². The largest absolute Gasteiger partial charge is 0.389 e. The van der Waals surface area contributed by atoms with Gasteiger partial charge in [-0.2, -0.15) is 0 Å². The summed E-state index contributed by atoms with van der Waals surface area (Å²) in [5.74, 6) is 0.858. The average molecular weight is 303 g/mol. The Hall–Kier alpha value is -1.46. The number of thiophene rings is 1. The lowest BCUT2D eigenvalue weighted by Crippen LogP contribution is -2.17. The molecule has 1 unspecified atom stereocenters. The van der Waals surface area contributed by atoms with Crippen LogP contribution >= 0.6 is 23.6 Å². The molecule has 2 aromatic heterocycles. The van der Waals surface area contributed by atoms with Crippen molar-refractivity contribution in [3.8, 4) is 0 Å². The van der Waals surface area contributed by atoms with E-state index in [-0.39, 0.29) is 0 Å². The van der Waals surface area contributed by atoms with Crippen molar-refractivity contribution in [1.82, 2.24) is 4.98 Å². The molecule has 3 nitrogen and oxygen atoms in total. The topological polar surface area (TPSA) is 50.9 Å². The van der Waals surface area contributed by atoms with Crippen molar-refractivity contribution in [2.24, 2.45) is 5.73 Å². The smallest absolute Gasteiger partial charge is 0.127 e. The van der Waals surface area contributed by atoms with E-state index in [2.05, 4.69) is 21.7 Å². The van der Waals surface area contributed by atoms with Crippen LogP contribution in [0.2, 0.25) is 0 Å². The van der Waals surface area contributed by atoms with Crippen molar-refractivity contribution < 1.29 is 0 Å². The Balaban J connectivity index is 1.88. The number of anilines is 1. The molecule has 3 rings (SSSR count). The van der Waals surface area contributed by atoms with Gasteiger partial charge in [0.05, 0.1) is 6.04 Å². The molecular weight excluding hydrogens is 286 g/mol. The molecule has 5 heteroatoms. The summed E-state index contributed by atoms with van der Waals surface area (Å²) in [5.41, 5.74) is 8.94. The van der Waals surface area contributed by atoms with Gasteiger partial charge in [0, 0.05) is 16.1 Å². The summed E-state index contributed by atoms with van der Waals surface area (Å²) in [4.78, 5) is 6.46. The first-order chi connectivity index (χ1) is 9.63. The van der Waals surface area contributed by atoms with Gasteiger partial charge < -0.3 is 11.1 Å². The van der Waals surface area contributed by atoms with Gasteiger partial charge in [0.25, 0.3) is 0 Å². The van der Waals surface area contributed by atoms with Gasteiger partial charge in [-0.25, -0.2) is 4.98 Å². The Kier molecular flexibility index (Phi) is 3.72. The number of nitrogens with one attached hydrogen (secondary N) is 1. The molecular formula is C15H17N3S2. The highest BCUT2D eigenvalue weighted by Gasteiger charge is 2.21. The minimum Gasteiger partial charge on any atom is -0.389 e. The van der Waals surface area contributed by atoms with Crippen molar-refractivity contribution >= 4 is 34.4 Å². The number of rotatable bonds is 3. The molecule has 1 aliphatic carbocycles. The number of pyridine rings is 1. The summed E-state index contributed by atoms with van der Waals surface area (Å²) >= 11 is 6.91. The molecule has 0 bridgehead atoms. The van der Waals surface area contributed by atoms with Crippen molar-refractivity contribution in [2.45, 2.75) is 32.2 Å². The second-order valence-corrected chi connectivity index (χ2v) is 6.58. The summed E-state index contributed by atoms with van der Waals surface area (Å²) in [5, 5.41) is 5.72. The minimum absolute atomic E-state index is 0.346. The first-order valence-electron chi connectivity index (χ1n) is 6.75. The average Bonchev–Trinajstić information content (AvgIpc) is 2.87. The molecule has 104 valence electrons. The highest BCUT2D eigenvalue weighted by molar-refractivity contribution is 7.80. The third-order valence-corrected chi connectivity index (χ3v) is 4.84. The molecule has 1 aliphatic rings. The van der Waals surface area contributed by atoms with E-state index in [4.69, 9.17) is 18.0 Å². The fourth-order valence-corrected chi connectivity index (χ4v) is 3.80. The number of aryl methyl sites for hydroxylation is 2. The molecule has 0 saturated heterocycles. The molecule has 0 fully saturated rings. The van der Waals surface area contributed by atoms with Gasteiger partial charge >= 0.3 is 0 Å². The molecule has 0 aliphatic heterocycles. The quantitative estimate of drug-likeness (QED) is 0.851. The van der Waals surface area contributed by atoms with Gasteiger partial charge in [0.1, 0.15) is 10.8 Å². The van der Waals surface area contributed by atoms with Crippen LogP contribution in [0.25, 0.3) is 0 Å². The van der Waals surface area contributed by atoms with E-state index >= 15 is 0 Å². The van der Waals surface area contributed by atoms with Gasteiger partial charge in [-0.05, 0) is 55.3 Å². The molecule has 0 saturated carbocycles. The zero-order valence-corrected chi connectivity index (χ0v) is 13.0. The van der Waals surface area contributed by atoms with Gasteiger partial charge in [-0.1, -0.05) is 12.2 Å². The summed E-state index contributed by atoms with van der Waals surface area (Å²) < 4.78 is 0. The molecule has 0 radical (unpaired) electrons. The lowest BCUT2D eigenvalue weighted by atomic mass is 9.94. The number of hydrogen-bond acceptors (Lipinski definition) is 4. The monoisotopic (exact) mass is 303 g/mol. The highest BCUT2D eigenvalue weighted by Crippen LogP contribution is 2.35. The molecule has 1 atom stereocenters. The standard InChI is InChI=1S/C15H17N3S2/c1-9-7-10(15(16)19)8-14(17-9)18-12-3-2-4-13-11(12)5-6-20-13/h5-8,12H,2-4H2,1H3,(H2,16,19)(H,17,18). The van der Waals surface area contributed by atoms with E-state index in [0.717, 1.165) is 23.5 Å². The minimum atomic E-state index is 0.346. The molecule has 0 spiro atoms. The first kappa shape index (κ1) is 13.5. The van der Waals surface area contributed by atoms with Crippen LogP contribution in [0.15, 0.2) is 23.6 Å². The van der Waals surface area contributed by atoms with Crippen LogP contribution in [0.5, 0.6) is 0 Å². The SMILES string of the molecule is Cc1cc(C(N)=S)cc(NC2CCCc3sccc32)n1. The Morgan fingerprint density at radius 3 is 3.15 bits per heavy atom. The zero-order chi connectivity index (χ0) is 14.1. The second kappa shape index (κ2) is 5.50. The Labute approximate surface area is 128 Å². The Bertz CT molecular complexity index is 648. The van der Waals surface area contributed by atoms with E-state index < -0.39 is 0 Å². The van der Waals surface area contributed by atoms with Crippen molar-refractivity contribution in [1.29, 1.82) is 0 Å². The third kappa shape index (κ3) is 2.69. The van der Waals surface area contributed by atoms with Crippen molar-refractivity contribution in [2.75, 3.05) is 5.32 Å². The van der Waals surface area contributed by atoms with Gasteiger partial charge in [0.15, 0.2) is 0 Å². The molecule has 0 amide bonds. The van der Waals surface area contributed by atoms with Crippen LogP contribution in [0.3, 0.4) is 0 Å². The number of nitrogens with two attached hydrogens (primary N) is 1. The van der Waals surface area contributed by atoms with E-state index in [1.54, 1.807) is 0 Å². The zero-order valence-electron chi connectivity index (χ0n) is 11.3. The summed E-state index contributed by atoms with van der Waals surface area (Å²) in [7, 11) is 0. The summed E-state index contributed by atoms with van der Waals surface area (Å²) in [6.45, 7) is 1.96. The van der Waals surface area contributed by atoms with Crippen molar-refractivity contribution in [3.63, 3.8) is 0 Å². The molecule has 0 aromatic carbocycles. The molecule has 20 heavy (non-hydrogen) atoms. The Morgan fingerprint density at radius 2 is 2.35 bits per heavy atom. The maximum absolute atomic E-state index is 5.72. The molecule has 3 N–H and O–H groups in total. The third-order valence-electron chi connectivity index (χ3n) is 3.61. The van der Waals surface area contributed by atoms with Gasteiger partial charge in [-0.3, -0.25) is 0 Å². The number of hydrogen-bond donors (Lipinski definition) is 2.